The van der Waals surface area contributed by atoms with Gasteiger partial charge in [-0.2, -0.15) is 0 Å². The average molecular weight is 316 g/mol. The summed E-state index contributed by atoms with van der Waals surface area (Å²) in [7, 11) is 2.17. The molecule has 2 aromatic rings. The second-order valence-electron chi connectivity index (χ2n) is 6.03. The Hall–Kier alpha value is -1.51. The Morgan fingerprint density at radius 1 is 1.05 bits per heavy atom. The molecule has 0 aliphatic carbocycles. The first-order valence-electron chi connectivity index (χ1n) is 7.88. The van der Waals surface area contributed by atoms with Gasteiger partial charge in [0.1, 0.15) is 11.9 Å². The first kappa shape index (κ1) is 15.4. The van der Waals surface area contributed by atoms with E-state index in [4.69, 9.17) is 16.3 Å². The quantitative estimate of drug-likeness (QED) is 0.829. The summed E-state index contributed by atoms with van der Waals surface area (Å²) in [6.45, 7) is 2.23. The minimum Gasteiger partial charge on any atom is -0.490 e. The summed E-state index contributed by atoms with van der Waals surface area (Å²) in [6.07, 6.45) is 3.42. The van der Waals surface area contributed by atoms with Gasteiger partial charge in [0.05, 0.1) is 0 Å². The number of benzene rings is 2. The molecule has 3 rings (SSSR count). The van der Waals surface area contributed by atoms with Gasteiger partial charge in [-0.1, -0.05) is 41.9 Å². The molecule has 1 saturated heterocycles. The second-order valence-corrected chi connectivity index (χ2v) is 6.47. The highest BCUT2D eigenvalue weighted by Gasteiger charge is 2.19. The monoisotopic (exact) mass is 315 g/mol. The van der Waals surface area contributed by atoms with Crippen LogP contribution in [0.4, 0.5) is 0 Å². The van der Waals surface area contributed by atoms with Gasteiger partial charge in [0.25, 0.3) is 0 Å². The summed E-state index contributed by atoms with van der Waals surface area (Å²) in [6, 6.07) is 16.4. The van der Waals surface area contributed by atoms with E-state index >= 15 is 0 Å². The molecule has 0 saturated carbocycles. The number of hydrogen-bond donors (Lipinski definition) is 0. The van der Waals surface area contributed by atoms with Gasteiger partial charge in [-0.25, -0.2) is 0 Å². The molecule has 2 nitrogen and oxygen atoms in total. The first-order valence-corrected chi connectivity index (χ1v) is 8.26. The van der Waals surface area contributed by atoms with Crippen molar-refractivity contribution < 1.29 is 4.74 Å². The van der Waals surface area contributed by atoms with Gasteiger partial charge in [0.15, 0.2) is 0 Å². The third kappa shape index (κ3) is 4.02. The van der Waals surface area contributed by atoms with Crippen molar-refractivity contribution in [3.8, 4) is 5.75 Å². The number of likely N-dealkylation sites (tertiary alicyclic amines) is 1. The molecule has 3 heteroatoms. The van der Waals surface area contributed by atoms with Crippen LogP contribution in [0.3, 0.4) is 0 Å². The van der Waals surface area contributed by atoms with Gasteiger partial charge < -0.3 is 9.64 Å². The van der Waals surface area contributed by atoms with E-state index in [1.807, 2.05) is 12.1 Å². The molecule has 0 unspecified atom stereocenters. The number of halogens is 1. The predicted octanol–water partition coefficient (Wildman–Crippen LogP) is 4.40. The van der Waals surface area contributed by atoms with Crippen molar-refractivity contribution in [2.45, 2.75) is 25.4 Å². The molecule has 1 aliphatic rings. The molecule has 1 aliphatic heterocycles. The summed E-state index contributed by atoms with van der Waals surface area (Å²) in [4.78, 5) is 2.36. The SMILES string of the molecule is CN1CCC(Oc2ccccc2Cc2ccc(Cl)cc2)CC1. The topological polar surface area (TPSA) is 12.5 Å². The zero-order valence-electron chi connectivity index (χ0n) is 13.0. The van der Waals surface area contributed by atoms with Crippen LogP contribution in [0.2, 0.25) is 5.02 Å². The van der Waals surface area contributed by atoms with E-state index in [-0.39, 0.29) is 0 Å². The van der Waals surface area contributed by atoms with Crippen LogP contribution >= 0.6 is 11.6 Å². The largest absolute Gasteiger partial charge is 0.490 e. The van der Waals surface area contributed by atoms with E-state index in [1.54, 1.807) is 0 Å². The van der Waals surface area contributed by atoms with Crippen LogP contribution in [0.5, 0.6) is 5.75 Å². The molecule has 0 aromatic heterocycles. The fourth-order valence-electron chi connectivity index (χ4n) is 2.87. The number of piperidine rings is 1. The van der Waals surface area contributed by atoms with Crippen LogP contribution in [0.25, 0.3) is 0 Å². The maximum absolute atomic E-state index is 6.28. The highest BCUT2D eigenvalue weighted by Crippen LogP contribution is 2.25. The number of ether oxygens (including phenoxy) is 1. The highest BCUT2D eigenvalue weighted by molar-refractivity contribution is 6.30. The molecule has 1 heterocycles. The van der Waals surface area contributed by atoms with Crippen LogP contribution < -0.4 is 4.74 Å². The van der Waals surface area contributed by atoms with Crippen molar-refractivity contribution in [1.29, 1.82) is 0 Å². The molecule has 0 N–H and O–H groups in total. The number of para-hydroxylation sites is 1. The third-order valence-corrected chi connectivity index (χ3v) is 4.49. The fraction of sp³-hybridized carbons (Fsp3) is 0.368. The predicted molar refractivity (Wildman–Crippen MR) is 91.8 cm³/mol. The van der Waals surface area contributed by atoms with Gasteiger partial charge in [-0.3, -0.25) is 0 Å². The van der Waals surface area contributed by atoms with E-state index in [1.165, 1.54) is 11.1 Å². The van der Waals surface area contributed by atoms with Crippen molar-refractivity contribution in [3.05, 3.63) is 64.7 Å². The number of hydrogen-bond acceptors (Lipinski definition) is 2. The van der Waals surface area contributed by atoms with Gasteiger partial charge in [-0.05, 0) is 49.2 Å². The van der Waals surface area contributed by atoms with Crippen molar-refractivity contribution in [3.63, 3.8) is 0 Å². The fourth-order valence-corrected chi connectivity index (χ4v) is 3.00. The lowest BCUT2D eigenvalue weighted by Gasteiger charge is -2.30. The van der Waals surface area contributed by atoms with Crippen molar-refractivity contribution in [2.24, 2.45) is 0 Å². The summed E-state index contributed by atoms with van der Waals surface area (Å²) < 4.78 is 6.28. The van der Waals surface area contributed by atoms with Crippen LogP contribution in [0, 0.1) is 0 Å². The van der Waals surface area contributed by atoms with E-state index in [2.05, 4.69) is 48.3 Å². The third-order valence-electron chi connectivity index (χ3n) is 4.24. The minimum absolute atomic E-state index is 0.336. The molecule has 2 aromatic carbocycles. The van der Waals surface area contributed by atoms with E-state index in [9.17, 15) is 0 Å². The standard InChI is InChI=1S/C19H22ClNO/c1-21-12-10-18(11-13-21)22-19-5-3-2-4-16(19)14-15-6-8-17(20)9-7-15/h2-9,18H,10-14H2,1H3. The van der Waals surface area contributed by atoms with Crippen molar-refractivity contribution in [2.75, 3.05) is 20.1 Å². The van der Waals surface area contributed by atoms with E-state index in [0.717, 1.165) is 43.1 Å². The average Bonchev–Trinajstić information content (AvgIpc) is 2.54. The molecule has 0 amide bonds. The molecule has 0 bridgehead atoms. The summed E-state index contributed by atoms with van der Waals surface area (Å²) >= 11 is 5.96. The molecule has 116 valence electrons. The summed E-state index contributed by atoms with van der Waals surface area (Å²) in [5.74, 6) is 1.02. The Balaban J connectivity index is 1.71. The molecular weight excluding hydrogens is 294 g/mol. The van der Waals surface area contributed by atoms with Gasteiger partial charge in [0.2, 0.25) is 0 Å². The van der Waals surface area contributed by atoms with Crippen LogP contribution in [0.15, 0.2) is 48.5 Å². The Kier molecular flexibility index (Phi) is 5.01. The lowest BCUT2D eigenvalue weighted by molar-refractivity contribution is 0.113. The lowest BCUT2D eigenvalue weighted by Crippen LogP contribution is -2.35. The van der Waals surface area contributed by atoms with Crippen LogP contribution in [-0.4, -0.2) is 31.1 Å². The van der Waals surface area contributed by atoms with Gasteiger partial charge >= 0.3 is 0 Å². The van der Waals surface area contributed by atoms with Crippen LogP contribution in [0.1, 0.15) is 24.0 Å². The molecular formula is C19H22ClNO. The second kappa shape index (κ2) is 7.17. The molecule has 0 radical (unpaired) electrons. The summed E-state index contributed by atoms with van der Waals surface area (Å²) in [5.41, 5.74) is 2.49. The Morgan fingerprint density at radius 2 is 1.73 bits per heavy atom. The number of rotatable bonds is 4. The molecule has 0 spiro atoms. The summed E-state index contributed by atoms with van der Waals surface area (Å²) in [5, 5.41) is 0.777. The van der Waals surface area contributed by atoms with Crippen molar-refractivity contribution in [1.82, 2.24) is 4.90 Å². The zero-order chi connectivity index (χ0) is 15.4. The minimum atomic E-state index is 0.336. The molecule has 0 atom stereocenters. The maximum Gasteiger partial charge on any atom is 0.123 e. The highest BCUT2D eigenvalue weighted by atomic mass is 35.5. The lowest BCUT2D eigenvalue weighted by atomic mass is 10.0. The van der Waals surface area contributed by atoms with Crippen LogP contribution in [-0.2, 0) is 6.42 Å². The zero-order valence-corrected chi connectivity index (χ0v) is 13.7. The van der Waals surface area contributed by atoms with Gasteiger partial charge in [-0.15, -0.1) is 0 Å². The number of nitrogens with zero attached hydrogens (tertiary/aromatic N) is 1. The first-order chi connectivity index (χ1) is 10.7. The van der Waals surface area contributed by atoms with Crippen molar-refractivity contribution >= 4 is 11.6 Å². The van der Waals surface area contributed by atoms with E-state index < -0.39 is 0 Å². The Labute approximate surface area is 137 Å². The Bertz CT molecular complexity index is 603. The van der Waals surface area contributed by atoms with Gasteiger partial charge in [0, 0.05) is 24.5 Å². The Morgan fingerprint density at radius 3 is 2.45 bits per heavy atom. The smallest absolute Gasteiger partial charge is 0.123 e. The van der Waals surface area contributed by atoms with E-state index in [0.29, 0.717) is 6.10 Å². The maximum atomic E-state index is 6.28. The molecule has 22 heavy (non-hydrogen) atoms. The molecule has 1 fully saturated rings. The normalized spacial score (nSPS) is 16.6.